The molecule has 4 aliphatic rings. The molecule has 296 valence electrons. The van der Waals surface area contributed by atoms with Gasteiger partial charge in [0.15, 0.2) is 0 Å². The Morgan fingerprint density at radius 3 is 2.56 bits per heavy atom. The molecule has 15 nitrogen and oxygen atoms in total. The van der Waals surface area contributed by atoms with Crippen LogP contribution < -0.4 is 16.4 Å². The number of nitrogens with one attached hydrogen (secondary N) is 2. The molecule has 5 unspecified atom stereocenters. The highest BCUT2D eigenvalue weighted by molar-refractivity contribution is 6.18. The van der Waals surface area contributed by atoms with E-state index in [1.807, 2.05) is 19.9 Å². The molecule has 0 bridgehead atoms. The van der Waals surface area contributed by atoms with Crippen molar-refractivity contribution in [2.45, 2.75) is 77.6 Å². The van der Waals surface area contributed by atoms with Crippen molar-refractivity contribution >= 4 is 35.2 Å². The minimum atomic E-state index is -0.843. The predicted octanol–water partition coefficient (Wildman–Crippen LogP) is 2.64. The number of carbonyl (C=O) groups excluding carboxylic acids is 3. The van der Waals surface area contributed by atoms with Crippen LogP contribution in [0.3, 0.4) is 0 Å². The molecule has 2 aromatic heterocycles. The first-order valence-electron chi connectivity index (χ1n) is 19.0. The minimum absolute atomic E-state index is 0.0101. The predicted molar refractivity (Wildman–Crippen MR) is 203 cm³/mol. The molecule has 0 aromatic carbocycles. The number of allylic oxidation sites excluding steroid dienone is 1. The molecule has 3 fully saturated rings. The molecule has 2 aromatic rings. The largest absolute Gasteiger partial charge is 0.462 e. The van der Waals surface area contributed by atoms with Crippen molar-refractivity contribution in [3.63, 3.8) is 0 Å². The third kappa shape index (κ3) is 8.02. The summed E-state index contributed by atoms with van der Waals surface area (Å²) >= 11 is 0. The first-order chi connectivity index (χ1) is 26.3. The number of morpholine rings is 1. The van der Waals surface area contributed by atoms with Crippen LogP contribution in [-0.2, 0) is 28.6 Å². The zero-order chi connectivity index (χ0) is 39.5. The lowest BCUT2D eigenvalue weighted by Crippen LogP contribution is -2.62. The number of hydrogen-bond donors (Lipinski definition) is 5. The van der Waals surface area contributed by atoms with Gasteiger partial charge in [0, 0.05) is 48.7 Å². The topological polar surface area (TPSA) is 211 Å². The van der Waals surface area contributed by atoms with Gasteiger partial charge in [0.2, 0.25) is 11.9 Å². The van der Waals surface area contributed by atoms with E-state index in [-0.39, 0.29) is 65.4 Å². The van der Waals surface area contributed by atoms with Gasteiger partial charge in [-0.3, -0.25) is 10.1 Å². The van der Waals surface area contributed by atoms with Crippen LogP contribution >= 0.6 is 0 Å². The van der Waals surface area contributed by atoms with Crippen molar-refractivity contribution in [3.05, 3.63) is 71.9 Å². The lowest BCUT2D eigenvalue weighted by molar-refractivity contribution is -0.157. The zero-order valence-electron chi connectivity index (χ0n) is 32.0. The van der Waals surface area contributed by atoms with Crippen molar-refractivity contribution < 1.29 is 38.8 Å². The van der Waals surface area contributed by atoms with E-state index >= 15 is 0 Å². The maximum Gasteiger partial charge on any atom is 0.342 e. The zero-order valence-corrected chi connectivity index (χ0v) is 32.0. The molecular weight excluding hydrogens is 706 g/mol. The Labute approximate surface area is 321 Å². The number of cyclic esters (lactones) is 1. The van der Waals surface area contributed by atoms with Crippen LogP contribution in [0, 0.1) is 22.7 Å². The van der Waals surface area contributed by atoms with Gasteiger partial charge in [0.05, 0.1) is 50.2 Å². The van der Waals surface area contributed by atoms with Crippen molar-refractivity contribution in [1.82, 2.24) is 25.2 Å². The Kier molecular flexibility index (Phi) is 12.0. The molecule has 0 radical (unpaired) electrons. The molecule has 15 heteroatoms. The number of nitrogens with two attached hydrogens (primary N) is 1. The summed E-state index contributed by atoms with van der Waals surface area (Å²) in [4.78, 5) is 55.2. The fourth-order valence-electron chi connectivity index (χ4n) is 9.10. The minimum Gasteiger partial charge on any atom is -0.462 e. The molecule has 6 rings (SSSR count). The number of rotatable bonds is 12. The summed E-state index contributed by atoms with van der Waals surface area (Å²) in [6.45, 7) is 14.1. The Balaban J connectivity index is 1.41. The summed E-state index contributed by atoms with van der Waals surface area (Å²) in [5.41, 5.74) is 5.74. The SMILES string of the molecule is C=C1C(NC(C)C(=O)N2CCOCC2)CC2[C@](C)(CC[C@@H](O)[C@@]2(C)CO)C1CC(Nc1ccccn1)C1=C/C(=C(/C(=O)OCC)c2cnc(N)nc2)OC1=O. The quantitative estimate of drug-likeness (QED) is 0.120. The van der Waals surface area contributed by atoms with Gasteiger partial charge in [-0.2, -0.15) is 0 Å². The number of aliphatic hydroxyl groups excluding tert-OH is 2. The van der Waals surface area contributed by atoms with Crippen LogP contribution in [0.5, 0.6) is 0 Å². The van der Waals surface area contributed by atoms with Gasteiger partial charge in [-0.15, -0.1) is 0 Å². The highest BCUT2D eigenvalue weighted by Gasteiger charge is 2.60. The number of carbonyl (C=O) groups is 3. The van der Waals surface area contributed by atoms with Crippen molar-refractivity contribution in [2.75, 3.05) is 50.6 Å². The van der Waals surface area contributed by atoms with E-state index in [2.05, 4.69) is 39.1 Å². The molecule has 6 N–H and O–H groups in total. The molecule has 2 aliphatic heterocycles. The molecule has 1 amide bonds. The molecule has 55 heavy (non-hydrogen) atoms. The Morgan fingerprint density at radius 2 is 1.91 bits per heavy atom. The van der Waals surface area contributed by atoms with E-state index in [1.165, 1.54) is 18.5 Å². The van der Waals surface area contributed by atoms with E-state index in [9.17, 15) is 24.6 Å². The molecule has 1 saturated heterocycles. The van der Waals surface area contributed by atoms with Gasteiger partial charge in [0.1, 0.15) is 17.2 Å². The Hall–Kier alpha value is -4.70. The van der Waals surface area contributed by atoms with Crippen molar-refractivity contribution in [2.24, 2.45) is 22.7 Å². The molecule has 2 saturated carbocycles. The standard InChI is InChI=1S/C40H53N7O8/c1-6-54-37(52)34(25-20-43-38(41)44-21-25)30-17-26(36(51)55-30)29(46-33-9-7-8-12-42-33)18-27-23(2)28(45-24(3)35(50)47-13-15-53-16-14-47)19-31-39(27,4)11-10-32(49)40(31,5)22-48/h7-9,12,17,20-21,24,27-29,31-32,45,48-49H,2,6,10-11,13-16,18-19,22H2,1,3-5H3,(H,42,46)(H2,41,43,44)/b34-30-/t24?,27?,28?,29?,31?,32-,39-,40+/m1/s1. The van der Waals surface area contributed by atoms with Gasteiger partial charge in [-0.1, -0.05) is 32.1 Å². The molecule has 2 aliphatic carbocycles. The third-order valence-electron chi connectivity index (χ3n) is 12.2. The molecular formula is C40H53N7O8. The van der Waals surface area contributed by atoms with Crippen LogP contribution in [0.1, 0.15) is 58.9 Å². The van der Waals surface area contributed by atoms with Gasteiger partial charge in [-0.05, 0) is 75.0 Å². The second-order valence-corrected chi connectivity index (χ2v) is 15.4. The van der Waals surface area contributed by atoms with Crippen LogP contribution in [0.2, 0.25) is 0 Å². The van der Waals surface area contributed by atoms with E-state index < -0.39 is 41.0 Å². The number of aromatic nitrogens is 3. The number of fused-ring (bicyclic) bond motifs is 1. The van der Waals surface area contributed by atoms with Gasteiger partial charge < -0.3 is 40.4 Å². The van der Waals surface area contributed by atoms with Crippen LogP contribution in [0.25, 0.3) is 5.57 Å². The number of anilines is 2. The number of hydrogen-bond acceptors (Lipinski definition) is 14. The summed E-state index contributed by atoms with van der Waals surface area (Å²) in [5.74, 6) is -1.40. The number of aliphatic hydroxyl groups is 2. The fourth-order valence-corrected chi connectivity index (χ4v) is 9.10. The first-order valence-corrected chi connectivity index (χ1v) is 19.0. The van der Waals surface area contributed by atoms with Crippen LogP contribution in [0.15, 0.2) is 66.3 Å². The fraction of sp³-hybridized carbons (Fsp3) is 0.550. The van der Waals surface area contributed by atoms with E-state index in [4.69, 9.17) is 19.9 Å². The number of esters is 2. The third-order valence-corrected chi connectivity index (χ3v) is 12.2. The Morgan fingerprint density at radius 1 is 1.18 bits per heavy atom. The number of amides is 1. The summed E-state index contributed by atoms with van der Waals surface area (Å²) in [6, 6.07) is 3.82. The highest BCUT2D eigenvalue weighted by atomic mass is 16.6. The second-order valence-electron chi connectivity index (χ2n) is 15.4. The number of pyridine rings is 1. The van der Waals surface area contributed by atoms with E-state index in [0.717, 1.165) is 5.57 Å². The van der Waals surface area contributed by atoms with Crippen molar-refractivity contribution in [1.29, 1.82) is 0 Å². The molecule has 0 spiro atoms. The van der Waals surface area contributed by atoms with E-state index in [1.54, 1.807) is 30.2 Å². The number of nitrogen functional groups attached to an aromatic ring is 1. The highest BCUT2D eigenvalue weighted by Crippen LogP contribution is 2.62. The van der Waals surface area contributed by atoms with Gasteiger partial charge in [0.25, 0.3) is 0 Å². The normalized spacial score (nSPS) is 30.1. The van der Waals surface area contributed by atoms with Crippen molar-refractivity contribution in [3.8, 4) is 0 Å². The first kappa shape index (κ1) is 40.0. The smallest absolute Gasteiger partial charge is 0.342 e. The van der Waals surface area contributed by atoms with E-state index in [0.29, 0.717) is 57.8 Å². The molecule has 4 heterocycles. The summed E-state index contributed by atoms with van der Waals surface area (Å²) in [5, 5.41) is 29.3. The summed E-state index contributed by atoms with van der Waals surface area (Å²) < 4.78 is 16.6. The number of ether oxygens (including phenoxy) is 3. The lowest BCUT2D eigenvalue weighted by Gasteiger charge is -2.62. The molecule has 8 atom stereocenters. The summed E-state index contributed by atoms with van der Waals surface area (Å²) in [7, 11) is 0. The second kappa shape index (κ2) is 16.6. The summed E-state index contributed by atoms with van der Waals surface area (Å²) in [6.07, 6.45) is 7.17. The van der Waals surface area contributed by atoms with Crippen LogP contribution in [-0.4, -0.2) is 112 Å². The lowest BCUT2D eigenvalue weighted by atomic mass is 9.45. The monoisotopic (exact) mass is 759 g/mol. The van der Waals surface area contributed by atoms with Gasteiger partial charge >= 0.3 is 11.9 Å². The Bertz CT molecular complexity index is 1810. The number of nitrogens with zero attached hydrogens (tertiary/aromatic N) is 4. The average molecular weight is 760 g/mol. The maximum atomic E-state index is 14.0. The maximum absolute atomic E-state index is 14.0. The van der Waals surface area contributed by atoms with Crippen LogP contribution in [0.4, 0.5) is 11.8 Å². The average Bonchev–Trinajstić information content (AvgIpc) is 3.57. The van der Waals surface area contributed by atoms with Gasteiger partial charge in [-0.25, -0.2) is 24.5 Å².